The number of hydrogen-bond donors (Lipinski definition) is 3. The van der Waals surface area contributed by atoms with Crippen LogP contribution in [-0.4, -0.2) is 33.9 Å². The van der Waals surface area contributed by atoms with Gasteiger partial charge in [0.05, 0.1) is 18.8 Å². The van der Waals surface area contributed by atoms with E-state index in [-0.39, 0.29) is 5.82 Å². The van der Waals surface area contributed by atoms with Gasteiger partial charge in [0.2, 0.25) is 0 Å². The average molecular weight is 264 g/mol. The Morgan fingerprint density at radius 3 is 2.28 bits per heavy atom. The Hall–Kier alpha value is -1.34. The van der Waals surface area contributed by atoms with Crippen LogP contribution in [0.1, 0.15) is 19.0 Å². The van der Waals surface area contributed by atoms with Crippen molar-refractivity contribution >= 4 is 5.82 Å². The number of pyridine rings is 1. The van der Waals surface area contributed by atoms with E-state index in [0.717, 1.165) is 6.07 Å². The monoisotopic (exact) mass is 264 g/mol. The molecule has 1 rings (SSSR count). The van der Waals surface area contributed by atoms with Crippen molar-refractivity contribution in [3.05, 3.63) is 23.9 Å². The van der Waals surface area contributed by atoms with Gasteiger partial charge < -0.3 is 15.5 Å². The average Bonchev–Trinajstić information content (AvgIpc) is 2.35. The molecule has 0 atom stereocenters. The lowest BCUT2D eigenvalue weighted by atomic mass is 9.98. The number of aromatic nitrogens is 1. The number of hydrogen-bond acceptors (Lipinski definition) is 4. The maximum absolute atomic E-state index is 12.5. The van der Waals surface area contributed by atoms with Gasteiger partial charge in [0, 0.05) is 0 Å². The van der Waals surface area contributed by atoms with Gasteiger partial charge >= 0.3 is 6.18 Å². The molecule has 1 aromatic rings. The highest BCUT2D eigenvalue weighted by Crippen LogP contribution is 2.28. The summed E-state index contributed by atoms with van der Waals surface area (Å²) in [5.74, 6) is -0.0326. The molecule has 0 saturated carbocycles. The molecule has 0 bridgehead atoms. The lowest BCUT2D eigenvalue weighted by Crippen LogP contribution is -2.45. The minimum absolute atomic E-state index is 0.0326. The van der Waals surface area contributed by atoms with Crippen molar-refractivity contribution in [1.82, 2.24) is 4.98 Å². The summed E-state index contributed by atoms with van der Waals surface area (Å²) in [5, 5.41) is 21.0. The van der Waals surface area contributed by atoms with E-state index in [1.807, 2.05) is 0 Å². The summed E-state index contributed by atoms with van der Waals surface area (Å²) in [6, 6.07) is 3.43. The number of halogens is 3. The SMILES string of the molecule is CCC(CO)(CO)Nc1cccc(C(F)(F)F)n1. The van der Waals surface area contributed by atoms with Crippen LogP contribution in [0.25, 0.3) is 0 Å². The molecule has 1 aromatic heterocycles. The second-order valence-corrected chi connectivity index (χ2v) is 3.98. The van der Waals surface area contributed by atoms with Crippen LogP contribution in [0, 0.1) is 0 Å². The van der Waals surface area contributed by atoms with Crippen molar-refractivity contribution in [2.45, 2.75) is 25.1 Å². The molecule has 0 aliphatic rings. The van der Waals surface area contributed by atoms with Gasteiger partial charge in [-0.25, -0.2) is 4.98 Å². The first-order valence-electron chi connectivity index (χ1n) is 5.41. The molecule has 0 spiro atoms. The Morgan fingerprint density at radius 2 is 1.83 bits per heavy atom. The van der Waals surface area contributed by atoms with Crippen molar-refractivity contribution in [2.75, 3.05) is 18.5 Å². The van der Waals surface area contributed by atoms with Crippen LogP contribution < -0.4 is 5.32 Å². The summed E-state index contributed by atoms with van der Waals surface area (Å²) in [6.07, 6.45) is -4.18. The van der Waals surface area contributed by atoms with Crippen LogP contribution in [0.3, 0.4) is 0 Å². The molecule has 1 heterocycles. The number of rotatable bonds is 5. The van der Waals surface area contributed by atoms with E-state index < -0.39 is 30.6 Å². The molecule has 18 heavy (non-hydrogen) atoms. The molecule has 0 aromatic carbocycles. The third kappa shape index (κ3) is 3.33. The maximum atomic E-state index is 12.5. The van der Waals surface area contributed by atoms with Gasteiger partial charge in [0.1, 0.15) is 11.5 Å². The van der Waals surface area contributed by atoms with Gasteiger partial charge in [-0.2, -0.15) is 13.2 Å². The predicted molar refractivity (Wildman–Crippen MR) is 60.1 cm³/mol. The lowest BCUT2D eigenvalue weighted by molar-refractivity contribution is -0.141. The highest BCUT2D eigenvalue weighted by atomic mass is 19.4. The van der Waals surface area contributed by atoms with E-state index in [1.165, 1.54) is 12.1 Å². The van der Waals surface area contributed by atoms with Crippen molar-refractivity contribution in [1.29, 1.82) is 0 Å². The quantitative estimate of drug-likeness (QED) is 0.756. The smallest absolute Gasteiger partial charge is 0.394 e. The number of nitrogens with one attached hydrogen (secondary N) is 1. The second-order valence-electron chi connectivity index (χ2n) is 3.98. The number of aliphatic hydroxyl groups is 2. The number of aliphatic hydroxyl groups excluding tert-OH is 2. The van der Waals surface area contributed by atoms with Crippen molar-refractivity contribution in [3.8, 4) is 0 Å². The molecule has 7 heteroatoms. The molecule has 0 aliphatic carbocycles. The summed E-state index contributed by atoms with van der Waals surface area (Å²) in [5.41, 5.74) is -2.09. The first-order valence-corrected chi connectivity index (χ1v) is 5.41. The summed E-state index contributed by atoms with van der Waals surface area (Å²) < 4.78 is 37.4. The molecule has 4 nitrogen and oxygen atoms in total. The van der Waals surface area contributed by atoms with Crippen LogP contribution in [0.2, 0.25) is 0 Å². The van der Waals surface area contributed by atoms with E-state index >= 15 is 0 Å². The molecular formula is C11H15F3N2O2. The maximum Gasteiger partial charge on any atom is 0.433 e. The first kappa shape index (κ1) is 14.7. The summed E-state index contributed by atoms with van der Waals surface area (Å²) >= 11 is 0. The molecule has 0 amide bonds. The molecule has 0 aliphatic heterocycles. The summed E-state index contributed by atoms with van der Waals surface area (Å²) in [4.78, 5) is 3.41. The lowest BCUT2D eigenvalue weighted by Gasteiger charge is -2.30. The van der Waals surface area contributed by atoms with E-state index in [2.05, 4.69) is 10.3 Å². The van der Waals surface area contributed by atoms with Crippen LogP contribution in [0.4, 0.5) is 19.0 Å². The topological polar surface area (TPSA) is 65.4 Å². The number of anilines is 1. The Labute approximate surface area is 102 Å². The zero-order valence-electron chi connectivity index (χ0n) is 9.83. The molecule has 0 fully saturated rings. The highest BCUT2D eigenvalue weighted by molar-refractivity contribution is 5.39. The molecule has 0 radical (unpaired) electrons. The Bertz CT molecular complexity index is 384. The zero-order valence-corrected chi connectivity index (χ0v) is 9.83. The van der Waals surface area contributed by atoms with E-state index in [9.17, 15) is 23.4 Å². The first-order chi connectivity index (χ1) is 8.37. The Balaban J connectivity index is 2.98. The third-order valence-corrected chi connectivity index (χ3v) is 2.71. The summed E-state index contributed by atoms with van der Waals surface area (Å²) in [6.45, 7) is 0.892. The van der Waals surface area contributed by atoms with E-state index in [1.54, 1.807) is 6.92 Å². The van der Waals surface area contributed by atoms with Crippen LogP contribution in [0.5, 0.6) is 0 Å². The minimum Gasteiger partial charge on any atom is -0.394 e. The second kappa shape index (κ2) is 5.53. The number of nitrogens with zero attached hydrogens (tertiary/aromatic N) is 1. The van der Waals surface area contributed by atoms with Gasteiger partial charge in [0.25, 0.3) is 0 Å². The molecular weight excluding hydrogens is 249 g/mol. The summed E-state index contributed by atoms with van der Waals surface area (Å²) in [7, 11) is 0. The minimum atomic E-state index is -4.52. The van der Waals surface area contributed by atoms with Gasteiger partial charge in [-0.1, -0.05) is 13.0 Å². The van der Waals surface area contributed by atoms with Gasteiger partial charge in [-0.3, -0.25) is 0 Å². The predicted octanol–water partition coefficient (Wildman–Crippen LogP) is 1.65. The van der Waals surface area contributed by atoms with Crippen molar-refractivity contribution < 1.29 is 23.4 Å². The van der Waals surface area contributed by atoms with Gasteiger partial charge in [0.15, 0.2) is 0 Å². The molecule has 3 N–H and O–H groups in total. The molecule has 102 valence electrons. The fourth-order valence-electron chi connectivity index (χ4n) is 1.37. The van der Waals surface area contributed by atoms with Gasteiger partial charge in [-0.05, 0) is 18.6 Å². The van der Waals surface area contributed by atoms with E-state index in [4.69, 9.17) is 0 Å². The standard InChI is InChI=1S/C11H15F3N2O2/c1-2-10(6-17,7-18)16-9-5-3-4-8(15-9)11(12,13)14/h3-5,17-18H,2,6-7H2,1H3,(H,15,16). The normalized spacial score (nSPS) is 12.6. The number of alkyl halides is 3. The van der Waals surface area contributed by atoms with Crippen LogP contribution in [0.15, 0.2) is 18.2 Å². The van der Waals surface area contributed by atoms with Crippen LogP contribution in [-0.2, 0) is 6.18 Å². The van der Waals surface area contributed by atoms with Crippen molar-refractivity contribution in [3.63, 3.8) is 0 Å². The van der Waals surface area contributed by atoms with Gasteiger partial charge in [-0.15, -0.1) is 0 Å². The fraction of sp³-hybridized carbons (Fsp3) is 0.545. The Morgan fingerprint density at radius 1 is 1.22 bits per heavy atom. The fourth-order valence-corrected chi connectivity index (χ4v) is 1.37. The largest absolute Gasteiger partial charge is 0.433 e. The van der Waals surface area contributed by atoms with Crippen molar-refractivity contribution in [2.24, 2.45) is 0 Å². The zero-order chi connectivity index (χ0) is 13.8. The van der Waals surface area contributed by atoms with E-state index in [0.29, 0.717) is 6.42 Å². The Kier molecular flexibility index (Phi) is 4.53. The van der Waals surface area contributed by atoms with Crippen LogP contribution >= 0.6 is 0 Å². The molecule has 0 saturated heterocycles. The third-order valence-electron chi connectivity index (χ3n) is 2.71. The highest BCUT2D eigenvalue weighted by Gasteiger charge is 2.33. The molecule has 0 unspecified atom stereocenters.